The zero-order chi connectivity index (χ0) is 20.4. The van der Waals surface area contributed by atoms with Gasteiger partial charge in [-0.25, -0.2) is 14.6 Å². The third-order valence-corrected chi connectivity index (χ3v) is 5.70. The fourth-order valence-corrected chi connectivity index (χ4v) is 5.04. The highest BCUT2D eigenvalue weighted by Gasteiger charge is 2.42. The molecule has 2 atom stereocenters. The van der Waals surface area contributed by atoms with Crippen molar-refractivity contribution in [1.82, 2.24) is 10.2 Å². The zero-order valence-corrected chi connectivity index (χ0v) is 17.4. The summed E-state index contributed by atoms with van der Waals surface area (Å²) in [6, 6.07) is 7.28. The van der Waals surface area contributed by atoms with E-state index < -0.39 is 0 Å². The Morgan fingerprint density at radius 2 is 2.18 bits per heavy atom. The first kappa shape index (κ1) is 20.6. The minimum Gasteiger partial charge on any atom is -0.335 e. The summed E-state index contributed by atoms with van der Waals surface area (Å²) in [6.07, 6.45) is 4.27. The summed E-state index contributed by atoms with van der Waals surface area (Å²) in [4.78, 5) is 33.6. The number of urea groups is 1. The van der Waals surface area contributed by atoms with Crippen LogP contribution in [0, 0.1) is 10.8 Å². The molecule has 1 saturated carbocycles. The molecule has 1 aliphatic carbocycles. The van der Waals surface area contributed by atoms with Crippen LogP contribution in [0.4, 0.5) is 4.79 Å². The molecule has 0 spiro atoms. The summed E-state index contributed by atoms with van der Waals surface area (Å²) >= 11 is 6.10. The molecule has 7 heteroatoms. The normalized spacial score (nSPS) is 26.4. The van der Waals surface area contributed by atoms with Gasteiger partial charge in [0, 0.05) is 23.2 Å². The van der Waals surface area contributed by atoms with Crippen LogP contribution in [0.2, 0.25) is 5.02 Å². The van der Waals surface area contributed by atoms with Gasteiger partial charge in [0.2, 0.25) is 6.08 Å². The minimum absolute atomic E-state index is 0.0179. The van der Waals surface area contributed by atoms with Crippen LogP contribution in [0.15, 0.2) is 34.3 Å². The average molecular weight is 403 g/mol. The molecule has 1 fully saturated rings. The largest absolute Gasteiger partial charge is 0.335 e. The predicted octanol–water partition coefficient (Wildman–Crippen LogP) is 4.03. The van der Waals surface area contributed by atoms with Crippen LogP contribution in [-0.4, -0.2) is 48.5 Å². The van der Waals surface area contributed by atoms with Crippen LogP contribution in [-0.2, 0) is 4.79 Å². The third-order valence-electron chi connectivity index (χ3n) is 5.47. The van der Waals surface area contributed by atoms with E-state index in [1.165, 1.54) is 0 Å². The summed E-state index contributed by atoms with van der Waals surface area (Å²) in [5.74, 6) is 0.656. The van der Waals surface area contributed by atoms with E-state index in [9.17, 15) is 9.59 Å². The second kappa shape index (κ2) is 8.06. The van der Waals surface area contributed by atoms with Gasteiger partial charge in [0.25, 0.3) is 0 Å². The number of hydrogen-bond donors (Lipinski definition) is 1. The summed E-state index contributed by atoms with van der Waals surface area (Å²) in [6.45, 7) is 8.09. The highest BCUT2D eigenvalue weighted by atomic mass is 35.5. The van der Waals surface area contributed by atoms with Crippen LogP contribution in [0.1, 0.15) is 45.6 Å². The number of benzene rings is 1. The molecule has 1 aliphatic heterocycles. The molecule has 3 rings (SSSR count). The van der Waals surface area contributed by atoms with Crippen molar-refractivity contribution < 1.29 is 9.59 Å². The number of isocyanates is 1. The van der Waals surface area contributed by atoms with Crippen LogP contribution in [0.3, 0.4) is 0 Å². The first-order valence-electron chi connectivity index (χ1n) is 9.63. The molecule has 2 amide bonds. The zero-order valence-electron chi connectivity index (χ0n) is 16.7. The second-order valence-corrected chi connectivity index (χ2v) is 9.42. The average Bonchev–Trinajstić information content (AvgIpc) is 3.08. The van der Waals surface area contributed by atoms with E-state index in [0.29, 0.717) is 30.5 Å². The summed E-state index contributed by atoms with van der Waals surface area (Å²) in [5.41, 5.74) is 0.763. The van der Waals surface area contributed by atoms with Gasteiger partial charge in [-0.15, -0.1) is 0 Å². The van der Waals surface area contributed by atoms with Gasteiger partial charge in [0.15, 0.2) is 0 Å². The smallest absolute Gasteiger partial charge is 0.323 e. The first-order valence-corrected chi connectivity index (χ1v) is 10.0. The van der Waals surface area contributed by atoms with Crippen LogP contribution >= 0.6 is 11.6 Å². The molecule has 28 heavy (non-hydrogen) atoms. The quantitative estimate of drug-likeness (QED) is 0.609. The number of aliphatic imine (C=N–C) groups is 2. The Morgan fingerprint density at radius 1 is 1.39 bits per heavy atom. The predicted molar refractivity (Wildman–Crippen MR) is 111 cm³/mol. The van der Waals surface area contributed by atoms with Crippen molar-refractivity contribution in [2.75, 3.05) is 19.6 Å². The Kier molecular flexibility index (Phi) is 5.92. The van der Waals surface area contributed by atoms with Gasteiger partial charge in [-0.2, -0.15) is 0 Å². The van der Waals surface area contributed by atoms with Crippen molar-refractivity contribution in [3.8, 4) is 0 Å². The lowest BCUT2D eigenvalue weighted by Gasteiger charge is -2.46. The Morgan fingerprint density at radius 3 is 2.89 bits per heavy atom. The lowest BCUT2D eigenvalue weighted by Crippen LogP contribution is -2.52. The Labute approximate surface area is 171 Å². The number of nitrogens with zero attached hydrogens (tertiary/aromatic N) is 3. The maximum atomic E-state index is 13.0. The van der Waals surface area contributed by atoms with Crippen LogP contribution < -0.4 is 5.32 Å². The van der Waals surface area contributed by atoms with Gasteiger partial charge >= 0.3 is 6.03 Å². The number of halogens is 1. The first-order chi connectivity index (χ1) is 13.2. The summed E-state index contributed by atoms with van der Waals surface area (Å²) in [5, 5.41) is 3.81. The standard InChI is InChI=1S/C21H27ClN4O2/c1-20(2)10-17(11-21(3,12-20)13-23-14-27)25-19(28)26-8-7-24-18(26)15-5-4-6-16(22)9-15/h4-6,9,17H,7-8,10-13H2,1-3H3,(H,25,28). The number of carbonyl (C=O) groups is 1. The highest BCUT2D eigenvalue weighted by molar-refractivity contribution is 6.31. The maximum absolute atomic E-state index is 13.0. The number of amidine groups is 1. The maximum Gasteiger partial charge on any atom is 0.323 e. The lowest BCUT2D eigenvalue weighted by molar-refractivity contribution is 0.0794. The van der Waals surface area contributed by atoms with E-state index in [2.05, 4.69) is 36.1 Å². The fourth-order valence-electron chi connectivity index (χ4n) is 4.85. The number of amides is 2. The molecule has 1 N–H and O–H groups in total. The van der Waals surface area contributed by atoms with Crippen LogP contribution in [0.5, 0.6) is 0 Å². The molecule has 2 unspecified atom stereocenters. The van der Waals surface area contributed by atoms with E-state index in [1.807, 2.05) is 18.2 Å². The molecule has 1 aromatic carbocycles. The van der Waals surface area contributed by atoms with Gasteiger partial charge in [-0.3, -0.25) is 9.89 Å². The monoisotopic (exact) mass is 402 g/mol. The van der Waals surface area contributed by atoms with Gasteiger partial charge < -0.3 is 5.32 Å². The summed E-state index contributed by atoms with van der Waals surface area (Å²) < 4.78 is 0. The van der Waals surface area contributed by atoms with E-state index in [0.717, 1.165) is 24.8 Å². The van der Waals surface area contributed by atoms with Gasteiger partial charge in [0.05, 0.1) is 13.1 Å². The van der Waals surface area contributed by atoms with Crippen LogP contribution in [0.25, 0.3) is 0 Å². The Hall–Kier alpha value is -2.17. The third kappa shape index (κ3) is 4.81. The van der Waals surface area contributed by atoms with Crippen molar-refractivity contribution in [1.29, 1.82) is 0 Å². The number of hydrogen-bond acceptors (Lipinski definition) is 4. The molecule has 0 bridgehead atoms. The van der Waals surface area contributed by atoms with Gasteiger partial charge in [0.1, 0.15) is 5.84 Å². The molecule has 0 aromatic heterocycles. The topological polar surface area (TPSA) is 74.1 Å². The minimum atomic E-state index is -0.139. The SMILES string of the molecule is CC1(C)CC(NC(=O)N2CCN=C2c2cccc(Cl)c2)CC(C)(CN=C=O)C1. The van der Waals surface area contributed by atoms with Crippen molar-refractivity contribution in [3.05, 3.63) is 34.9 Å². The molecule has 0 saturated heterocycles. The number of rotatable bonds is 4. The summed E-state index contributed by atoms with van der Waals surface area (Å²) in [7, 11) is 0. The number of carbonyl (C=O) groups excluding carboxylic acids is 2. The Balaban J connectivity index is 1.72. The molecular weight excluding hydrogens is 376 g/mol. The number of nitrogens with one attached hydrogen (secondary N) is 1. The van der Waals surface area contributed by atoms with E-state index in [4.69, 9.17) is 11.6 Å². The van der Waals surface area contributed by atoms with Crippen molar-refractivity contribution in [2.24, 2.45) is 20.8 Å². The van der Waals surface area contributed by atoms with E-state index in [-0.39, 0.29) is 22.9 Å². The molecule has 1 aromatic rings. The molecule has 2 aliphatic rings. The lowest BCUT2D eigenvalue weighted by atomic mass is 9.62. The molecule has 1 heterocycles. The van der Waals surface area contributed by atoms with Gasteiger partial charge in [-0.05, 0) is 42.2 Å². The van der Waals surface area contributed by atoms with Crippen molar-refractivity contribution in [2.45, 2.75) is 46.1 Å². The Bertz CT molecular complexity index is 831. The molecule has 6 nitrogen and oxygen atoms in total. The van der Waals surface area contributed by atoms with Gasteiger partial charge in [-0.1, -0.05) is 44.5 Å². The second-order valence-electron chi connectivity index (χ2n) is 8.98. The van der Waals surface area contributed by atoms with E-state index >= 15 is 0 Å². The van der Waals surface area contributed by atoms with E-state index in [1.54, 1.807) is 17.0 Å². The van der Waals surface area contributed by atoms with Crippen molar-refractivity contribution >= 4 is 29.5 Å². The van der Waals surface area contributed by atoms with Crippen molar-refractivity contribution in [3.63, 3.8) is 0 Å². The molecular formula is C21H27ClN4O2. The highest BCUT2D eigenvalue weighted by Crippen LogP contribution is 2.46. The molecule has 150 valence electrons. The molecule has 0 radical (unpaired) electrons. The fraction of sp³-hybridized carbons (Fsp3) is 0.571.